The van der Waals surface area contributed by atoms with Crippen molar-refractivity contribution in [2.75, 3.05) is 12.5 Å². The lowest BCUT2D eigenvalue weighted by atomic mass is 10.1. The van der Waals surface area contributed by atoms with E-state index in [1.807, 2.05) is 0 Å². The molecule has 4 aromatic rings. The van der Waals surface area contributed by atoms with Gasteiger partial charge in [-0.1, -0.05) is 0 Å². The van der Waals surface area contributed by atoms with E-state index in [1.165, 1.54) is 36.8 Å². The van der Waals surface area contributed by atoms with E-state index in [2.05, 4.69) is 14.2 Å². The van der Waals surface area contributed by atoms with E-state index in [0.717, 1.165) is 5.39 Å². The van der Waals surface area contributed by atoms with E-state index in [-0.39, 0.29) is 11.3 Å². The van der Waals surface area contributed by atoms with Crippen molar-refractivity contribution in [3.63, 3.8) is 0 Å². The largest absolute Gasteiger partial charge is 0.573 e. The Morgan fingerprint density at radius 3 is 2.39 bits per heavy atom. The highest BCUT2D eigenvalue weighted by atomic mass is 32.2. The quantitative estimate of drug-likeness (QED) is 0.467. The zero-order valence-corrected chi connectivity index (χ0v) is 17.5. The summed E-state index contributed by atoms with van der Waals surface area (Å²) < 4.78 is 60.3. The summed E-state index contributed by atoms with van der Waals surface area (Å²) in [5.74, 6) is -0.919. The Bertz CT molecular complexity index is 1430. The molecule has 162 valence electrons. The molecule has 0 atom stereocenters. The third kappa shape index (κ3) is 4.26. The maximum atomic E-state index is 12.4. The summed E-state index contributed by atoms with van der Waals surface area (Å²) in [5.41, 5.74) is 2.12. The molecule has 0 aliphatic carbocycles. The number of alkyl halides is 3. The molecule has 11 heteroatoms. The van der Waals surface area contributed by atoms with Crippen LogP contribution in [0.1, 0.15) is 10.4 Å². The Labute approximate surface area is 175 Å². The minimum atomic E-state index is -4.77. The number of fused-ring (bicyclic) bond motifs is 3. The fourth-order valence-corrected chi connectivity index (χ4v) is 3.84. The predicted octanol–water partition coefficient (Wildman–Crippen LogP) is 4.28. The number of hydrogen-bond acceptors (Lipinski definition) is 4. The van der Waals surface area contributed by atoms with Crippen LogP contribution < -0.4 is 4.74 Å². The summed E-state index contributed by atoms with van der Waals surface area (Å²) in [6.45, 7) is 0. The van der Waals surface area contributed by atoms with E-state index >= 15 is 0 Å². The number of hydrogen-bond donors (Lipinski definition) is 0. The van der Waals surface area contributed by atoms with Crippen LogP contribution in [0.5, 0.6) is 5.75 Å². The molecule has 1 amide bonds. The van der Waals surface area contributed by atoms with Gasteiger partial charge in [-0.05, 0) is 42.5 Å². The first-order valence-electron chi connectivity index (χ1n) is 8.97. The number of nitrogens with zero attached hydrogens (tertiary/aromatic N) is 4. The maximum absolute atomic E-state index is 12.4. The van der Waals surface area contributed by atoms with Gasteiger partial charge in [0.25, 0.3) is 5.91 Å². The normalized spacial score (nSPS) is 12.5. The molecule has 0 saturated heterocycles. The van der Waals surface area contributed by atoms with Crippen LogP contribution in [-0.2, 0) is 16.8 Å². The van der Waals surface area contributed by atoms with Gasteiger partial charge in [-0.3, -0.25) is 14.0 Å². The fraction of sp³-hybridized carbons (Fsp3) is 0.200. The molecule has 0 spiro atoms. The monoisotopic (exact) mass is 450 g/mol. The average Bonchev–Trinajstić information content (AvgIpc) is 3.14. The fourth-order valence-electron chi connectivity index (χ4n) is 3.34. The molecule has 4 rings (SSSR count). The molecule has 0 bridgehead atoms. The highest BCUT2D eigenvalue weighted by Crippen LogP contribution is 2.33. The summed E-state index contributed by atoms with van der Waals surface area (Å²) in [7, 11) is -0.866. The topological polar surface area (TPSA) is 78.5 Å². The van der Waals surface area contributed by atoms with Gasteiger partial charge in [0.05, 0.1) is 5.52 Å². The summed E-state index contributed by atoms with van der Waals surface area (Å²) >= 11 is 0. The standard InChI is InChI=1S/C20H17F3N4O3S/c1-26-11-16-15-10-12(19(28)25-31(2,3)29)4-9-17(15)27(18(16)24-26)13-5-7-14(8-6-13)30-20(21,22)23/h4-11H,1-3H3. The van der Waals surface area contributed by atoms with Crippen LogP contribution in [0.15, 0.2) is 53.0 Å². The van der Waals surface area contributed by atoms with Crippen LogP contribution in [0.3, 0.4) is 0 Å². The molecule has 2 aromatic heterocycles. The van der Waals surface area contributed by atoms with E-state index < -0.39 is 22.0 Å². The number of ether oxygens (including phenoxy) is 1. The Kier molecular flexibility index (Phi) is 4.80. The first-order chi connectivity index (χ1) is 14.4. The highest BCUT2D eigenvalue weighted by molar-refractivity contribution is 7.92. The van der Waals surface area contributed by atoms with Crippen molar-refractivity contribution >= 4 is 37.6 Å². The lowest BCUT2D eigenvalue weighted by Crippen LogP contribution is -2.17. The molecule has 0 aliphatic rings. The molecule has 2 aromatic carbocycles. The maximum Gasteiger partial charge on any atom is 0.573 e. The molecule has 0 saturated carbocycles. The molecule has 0 fully saturated rings. The lowest BCUT2D eigenvalue weighted by molar-refractivity contribution is -0.274. The molecule has 31 heavy (non-hydrogen) atoms. The van der Waals surface area contributed by atoms with Crippen molar-refractivity contribution in [1.82, 2.24) is 14.3 Å². The number of benzene rings is 2. The molecule has 7 nitrogen and oxygen atoms in total. The van der Waals surface area contributed by atoms with Crippen LogP contribution in [-0.4, -0.2) is 43.3 Å². The minimum Gasteiger partial charge on any atom is -0.406 e. The van der Waals surface area contributed by atoms with Gasteiger partial charge in [0, 0.05) is 57.5 Å². The average molecular weight is 450 g/mol. The van der Waals surface area contributed by atoms with Gasteiger partial charge in [0.15, 0.2) is 5.65 Å². The van der Waals surface area contributed by atoms with Crippen molar-refractivity contribution in [3.05, 3.63) is 54.2 Å². The number of aromatic nitrogens is 3. The van der Waals surface area contributed by atoms with E-state index in [9.17, 15) is 22.2 Å². The Balaban J connectivity index is 1.87. The van der Waals surface area contributed by atoms with Crippen LogP contribution >= 0.6 is 0 Å². The van der Waals surface area contributed by atoms with Gasteiger partial charge in [-0.25, -0.2) is 4.21 Å². The van der Waals surface area contributed by atoms with E-state index in [4.69, 9.17) is 0 Å². The van der Waals surface area contributed by atoms with Crippen LogP contribution in [0, 0.1) is 0 Å². The van der Waals surface area contributed by atoms with Crippen molar-refractivity contribution in [2.24, 2.45) is 11.4 Å². The van der Waals surface area contributed by atoms with Gasteiger partial charge in [-0.15, -0.1) is 13.2 Å². The van der Waals surface area contributed by atoms with E-state index in [0.29, 0.717) is 22.2 Å². The van der Waals surface area contributed by atoms with E-state index in [1.54, 1.807) is 40.7 Å². The highest BCUT2D eigenvalue weighted by Gasteiger charge is 2.31. The molecule has 0 aliphatic heterocycles. The first-order valence-corrected chi connectivity index (χ1v) is 11.3. The van der Waals surface area contributed by atoms with Crippen molar-refractivity contribution in [1.29, 1.82) is 0 Å². The number of carbonyl (C=O) groups is 1. The minimum absolute atomic E-state index is 0.278. The summed E-state index contributed by atoms with van der Waals surface area (Å²) in [5, 5.41) is 5.91. The lowest BCUT2D eigenvalue weighted by Gasteiger charge is -2.11. The van der Waals surface area contributed by atoms with Gasteiger partial charge in [0.1, 0.15) is 5.75 Å². The molecule has 0 radical (unpaired) electrons. The third-order valence-electron chi connectivity index (χ3n) is 4.43. The number of rotatable bonds is 3. The Morgan fingerprint density at radius 2 is 1.77 bits per heavy atom. The Hall–Kier alpha value is -3.34. The molecule has 0 unspecified atom stereocenters. The van der Waals surface area contributed by atoms with Crippen molar-refractivity contribution < 1.29 is 26.9 Å². The SMILES string of the molecule is Cn1cc2c3cc(C(=O)N=S(C)(C)=O)ccc3n(-c3ccc(OC(F)(F)F)cc3)c2n1. The summed E-state index contributed by atoms with van der Waals surface area (Å²) in [6.07, 6.45) is -0.232. The summed E-state index contributed by atoms with van der Waals surface area (Å²) in [6, 6.07) is 10.3. The number of carbonyl (C=O) groups excluding carboxylic acids is 1. The Morgan fingerprint density at radius 1 is 1.10 bits per heavy atom. The number of amides is 1. The van der Waals surface area contributed by atoms with Gasteiger partial charge < -0.3 is 4.74 Å². The van der Waals surface area contributed by atoms with Gasteiger partial charge >= 0.3 is 6.36 Å². The van der Waals surface area contributed by atoms with Crippen LogP contribution in [0.4, 0.5) is 13.2 Å². The van der Waals surface area contributed by atoms with Crippen LogP contribution in [0.2, 0.25) is 0 Å². The second-order valence-corrected chi connectivity index (χ2v) is 9.77. The van der Waals surface area contributed by atoms with Crippen molar-refractivity contribution in [2.45, 2.75) is 6.36 Å². The first kappa shape index (κ1) is 20.9. The molecular weight excluding hydrogens is 433 g/mol. The zero-order valence-electron chi connectivity index (χ0n) is 16.7. The third-order valence-corrected chi connectivity index (χ3v) is 5.03. The molecule has 2 heterocycles. The second-order valence-electron chi connectivity index (χ2n) is 7.23. The van der Waals surface area contributed by atoms with Gasteiger partial charge in [0.2, 0.25) is 0 Å². The van der Waals surface area contributed by atoms with Crippen molar-refractivity contribution in [3.8, 4) is 11.4 Å². The molecular formula is C20H17F3N4O3S. The van der Waals surface area contributed by atoms with Crippen LogP contribution in [0.25, 0.3) is 27.6 Å². The smallest absolute Gasteiger partial charge is 0.406 e. The number of halogens is 3. The zero-order chi connectivity index (χ0) is 22.6. The number of aryl methyl sites for hydroxylation is 1. The predicted molar refractivity (Wildman–Crippen MR) is 111 cm³/mol. The van der Waals surface area contributed by atoms with Gasteiger partial charge in [-0.2, -0.15) is 9.46 Å². The summed E-state index contributed by atoms with van der Waals surface area (Å²) in [4.78, 5) is 12.4. The second kappa shape index (κ2) is 7.12. The molecule has 0 N–H and O–H groups in total.